The molecule has 2 aromatic heterocycles. The molecule has 1 aliphatic heterocycles. The molecule has 1 aliphatic rings. The molecular formula is C12H18N6OS. The van der Waals surface area contributed by atoms with Crippen LogP contribution in [0.3, 0.4) is 0 Å². The van der Waals surface area contributed by atoms with Gasteiger partial charge in [-0.25, -0.2) is 4.68 Å². The van der Waals surface area contributed by atoms with Crippen molar-refractivity contribution in [3.63, 3.8) is 0 Å². The van der Waals surface area contributed by atoms with Crippen molar-refractivity contribution in [3.05, 3.63) is 29.2 Å². The van der Waals surface area contributed by atoms with Crippen molar-refractivity contribution in [1.29, 1.82) is 0 Å². The molecule has 108 valence electrons. The fourth-order valence-corrected chi connectivity index (χ4v) is 2.23. The van der Waals surface area contributed by atoms with Crippen LogP contribution in [-0.4, -0.2) is 69.1 Å². The summed E-state index contributed by atoms with van der Waals surface area (Å²) in [6, 6.07) is 4.04. The maximum absolute atomic E-state index is 11.8. The number of amides is 1. The van der Waals surface area contributed by atoms with Crippen LogP contribution in [0.4, 0.5) is 0 Å². The molecule has 2 aromatic rings. The molecule has 0 saturated carbocycles. The van der Waals surface area contributed by atoms with E-state index in [2.05, 4.69) is 27.5 Å². The summed E-state index contributed by atoms with van der Waals surface area (Å²) >= 11 is 1.71. The van der Waals surface area contributed by atoms with E-state index in [1.165, 1.54) is 11.0 Å². The number of nitrogens with zero attached hydrogens (tertiary/aromatic N) is 6. The first-order valence-corrected chi connectivity index (χ1v) is 7.34. The molecule has 3 rings (SSSR count). The second-order valence-electron chi connectivity index (χ2n) is 4.48. The molecule has 0 N–H and O–H groups in total. The number of hydrogen-bond donors (Lipinski definition) is 0. The molecular weight excluding hydrogens is 276 g/mol. The highest BCUT2D eigenvalue weighted by molar-refractivity contribution is 7.07. The average Bonchev–Trinajstić information content (AvgIpc) is 3.15. The highest BCUT2D eigenvalue weighted by Gasteiger charge is 2.19. The van der Waals surface area contributed by atoms with E-state index in [0.29, 0.717) is 0 Å². The molecule has 0 radical (unpaired) electrons. The molecule has 0 aliphatic carbocycles. The summed E-state index contributed by atoms with van der Waals surface area (Å²) in [5.41, 5.74) is 0. The molecule has 3 heterocycles. The molecule has 0 bridgehead atoms. The Morgan fingerprint density at radius 3 is 2.40 bits per heavy atom. The number of thiophene rings is 1. The van der Waals surface area contributed by atoms with Crippen molar-refractivity contribution in [2.24, 2.45) is 0 Å². The van der Waals surface area contributed by atoms with Crippen molar-refractivity contribution in [2.45, 2.75) is 6.54 Å². The predicted molar refractivity (Wildman–Crippen MR) is 76.2 cm³/mol. The Kier molecular flexibility index (Phi) is 5.63. The first kappa shape index (κ1) is 14.6. The predicted octanol–water partition coefficient (Wildman–Crippen LogP) is 0.195. The van der Waals surface area contributed by atoms with E-state index in [4.69, 9.17) is 0 Å². The summed E-state index contributed by atoms with van der Waals surface area (Å²) in [6.07, 6.45) is 1.45. The smallest absolute Gasteiger partial charge is 0.244 e. The van der Waals surface area contributed by atoms with Crippen LogP contribution >= 0.6 is 11.3 Å². The van der Waals surface area contributed by atoms with Crippen LogP contribution in [0.2, 0.25) is 0 Å². The quantitative estimate of drug-likeness (QED) is 0.791. The Morgan fingerprint density at radius 2 is 1.90 bits per heavy atom. The molecule has 0 atom stereocenters. The van der Waals surface area contributed by atoms with E-state index in [0.717, 1.165) is 26.2 Å². The summed E-state index contributed by atoms with van der Waals surface area (Å²) in [7, 11) is 2.06. The number of piperazine rings is 1. The number of aromatic nitrogens is 4. The lowest BCUT2D eigenvalue weighted by molar-refractivity contribution is -0.133. The Morgan fingerprint density at radius 1 is 1.20 bits per heavy atom. The summed E-state index contributed by atoms with van der Waals surface area (Å²) in [5, 5.41) is 14.7. The van der Waals surface area contributed by atoms with Crippen LogP contribution in [-0.2, 0) is 11.3 Å². The van der Waals surface area contributed by atoms with Crippen LogP contribution in [0.15, 0.2) is 29.2 Å². The maximum Gasteiger partial charge on any atom is 0.244 e. The molecule has 8 heteroatoms. The van der Waals surface area contributed by atoms with Crippen molar-refractivity contribution < 1.29 is 4.79 Å². The van der Waals surface area contributed by atoms with Crippen LogP contribution in [0.25, 0.3) is 0 Å². The van der Waals surface area contributed by atoms with Gasteiger partial charge in [-0.2, -0.15) is 11.3 Å². The summed E-state index contributed by atoms with van der Waals surface area (Å²) in [5.74, 6) is 0.0791. The van der Waals surface area contributed by atoms with Gasteiger partial charge < -0.3 is 9.80 Å². The first-order chi connectivity index (χ1) is 9.75. The minimum atomic E-state index is 0.0791. The van der Waals surface area contributed by atoms with E-state index in [1.54, 1.807) is 11.3 Å². The number of carbonyl (C=O) groups is 1. The highest BCUT2D eigenvalue weighted by Crippen LogP contribution is 2.00. The van der Waals surface area contributed by atoms with Crippen molar-refractivity contribution in [3.8, 4) is 0 Å². The third kappa shape index (κ3) is 4.71. The van der Waals surface area contributed by atoms with Gasteiger partial charge in [-0.3, -0.25) is 4.79 Å². The van der Waals surface area contributed by atoms with Gasteiger partial charge in [-0.15, -0.1) is 5.10 Å². The second-order valence-corrected chi connectivity index (χ2v) is 5.30. The van der Waals surface area contributed by atoms with E-state index in [-0.39, 0.29) is 12.5 Å². The van der Waals surface area contributed by atoms with Gasteiger partial charge in [0.2, 0.25) is 5.91 Å². The summed E-state index contributed by atoms with van der Waals surface area (Å²) < 4.78 is 1.45. The van der Waals surface area contributed by atoms with Crippen LogP contribution in [0, 0.1) is 0 Å². The Labute approximate surface area is 121 Å². The van der Waals surface area contributed by atoms with Gasteiger partial charge in [-0.1, -0.05) is 12.1 Å². The van der Waals surface area contributed by atoms with Crippen LogP contribution < -0.4 is 0 Å². The fourth-order valence-electron chi connectivity index (χ4n) is 1.77. The van der Waals surface area contributed by atoms with Crippen LogP contribution in [0.5, 0.6) is 0 Å². The Hall–Kier alpha value is -1.80. The summed E-state index contributed by atoms with van der Waals surface area (Å²) in [4.78, 5) is 15.8. The van der Waals surface area contributed by atoms with Gasteiger partial charge in [0.15, 0.2) is 0 Å². The van der Waals surface area contributed by atoms with Gasteiger partial charge in [0.1, 0.15) is 12.9 Å². The third-order valence-electron chi connectivity index (χ3n) is 2.97. The van der Waals surface area contributed by atoms with Gasteiger partial charge in [0.25, 0.3) is 0 Å². The first-order valence-electron chi connectivity index (χ1n) is 6.40. The number of likely N-dealkylation sites (N-methyl/N-ethyl adjacent to an activating group) is 1. The molecule has 0 unspecified atom stereocenters. The van der Waals surface area contributed by atoms with Gasteiger partial charge >= 0.3 is 0 Å². The normalized spacial score (nSPS) is 15.6. The van der Waals surface area contributed by atoms with E-state index < -0.39 is 0 Å². The molecule has 1 amide bonds. The van der Waals surface area contributed by atoms with Crippen molar-refractivity contribution in [2.75, 3.05) is 33.2 Å². The number of carbonyl (C=O) groups excluding carboxylic acids is 1. The zero-order valence-corrected chi connectivity index (χ0v) is 12.2. The largest absolute Gasteiger partial charge is 0.339 e. The lowest BCUT2D eigenvalue weighted by atomic mass is 10.3. The summed E-state index contributed by atoms with van der Waals surface area (Å²) in [6.45, 7) is 3.67. The van der Waals surface area contributed by atoms with Crippen molar-refractivity contribution in [1.82, 2.24) is 30.0 Å². The van der Waals surface area contributed by atoms with Gasteiger partial charge in [0, 0.05) is 26.2 Å². The van der Waals surface area contributed by atoms with Crippen LogP contribution in [0.1, 0.15) is 0 Å². The van der Waals surface area contributed by atoms with Gasteiger partial charge in [0.05, 0.1) is 0 Å². The highest BCUT2D eigenvalue weighted by atomic mass is 32.1. The second kappa shape index (κ2) is 7.71. The molecule has 20 heavy (non-hydrogen) atoms. The number of rotatable bonds is 2. The fraction of sp³-hybridized carbons (Fsp3) is 0.500. The van der Waals surface area contributed by atoms with Crippen molar-refractivity contribution >= 4 is 17.2 Å². The van der Waals surface area contributed by atoms with E-state index in [1.807, 2.05) is 27.8 Å². The molecule has 0 aromatic carbocycles. The maximum atomic E-state index is 11.8. The lowest BCUT2D eigenvalue weighted by Crippen LogP contribution is -2.48. The molecule has 0 spiro atoms. The molecule has 1 saturated heterocycles. The monoisotopic (exact) mass is 294 g/mol. The number of hydrogen-bond acceptors (Lipinski definition) is 6. The topological polar surface area (TPSA) is 67.2 Å². The molecule has 7 nitrogen and oxygen atoms in total. The minimum absolute atomic E-state index is 0.0791. The third-order valence-corrected chi connectivity index (χ3v) is 3.60. The Balaban J connectivity index is 0.000000247. The lowest BCUT2D eigenvalue weighted by Gasteiger charge is -2.32. The van der Waals surface area contributed by atoms with Gasteiger partial charge in [-0.05, 0) is 28.2 Å². The molecule has 1 fully saturated rings. The SMILES string of the molecule is CN1CCN(C(=O)Cn2cnnn2)CC1.c1ccsc1. The standard InChI is InChI=1S/C8H14N6O.C4H4S/c1-12-2-4-13(5-3-12)8(15)6-14-7-9-10-11-14;1-2-4-5-3-1/h7H,2-6H2,1H3;1-4H. The number of tetrazole rings is 1. The zero-order chi connectivity index (χ0) is 14.2. The van der Waals surface area contributed by atoms with E-state index in [9.17, 15) is 4.79 Å². The zero-order valence-electron chi connectivity index (χ0n) is 11.4. The van der Waals surface area contributed by atoms with E-state index >= 15 is 0 Å². The average molecular weight is 294 g/mol. The Bertz CT molecular complexity index is 461. The minimum Gasteiger partial charge on any atom is -0.339 e.